The average molecular weight is 404 g/mol. The summed E-state index contributed by atoms with van der Waals surface area (Å²) in [5.41, 5.74) is -0.438. The molecule has 1 aromatic carbocycles. The zero-order valence-electron chi connectivity index (χ0n) is 16.9. The van der Waals surface area contributed by atoms with Crippen molar-refractivity contribution in [1.82, 2.24) is 5.32 Å². The Morgan fingerprint density at radius 2 is 1.72 bits per heavy atom. The predicted molar refractivity (Wildman–Crippen MR) is 104 cm³/mol. The SMILES string of the molecule is COC(=O)C1=C(C)NC(C)=C(C(=O)OCC(C)(C)O)C1c1ccccc1[N+](=O)[O-]. The van der Waals surface area contributed by atoms with Crippen LogP contribution in [0.2, 0.25) is 0 Å². The fraction of sp³-hybridized carbons (Fsp3) is 0.400. The lowest BCUT2D eigenvalue weighted by molar-refractivity contribution is -0.385. The van der Waals surface area contributed by atoms with Crippen LogP contribution in [0.1, 0.15) is 39.2 Å². The van der Waals surface area contributed by atoms with Gasteiger partial charge in [0.1, 0.15) is 6.61 Å². The number of ether oxygens (including phenoxy) is 2. The second kappa shape index (κ2) is 8.44. The van der Waals surface area contributed by atoms with E-state index in [1.165, 1.54) is 39.2 Å². The molecular weight excluding hydrogens is 380 g/mol. The van der Waals surface area contributed by atoms with Crippen LogP contribution >= 0.6 is 0 Å². The molecule has 2 N–H and O–H groups in total. The number of nitrogens with one attached hydrogen (secondary N) is 1. The summed E-state index contributed by atoms with van der Waals surface area (Å²) >= 11 is 0. The summed E-state index contributed by atoms with van der Waals surface area (Å²) in [6.07, 6.45) is 0. The lowest BCUT2D eigenvalue weighted by atomic mass is 9.79. The van der Waals surface area contributed by atoms with E-state index in [0.717, 1.165) is 0 Å². The summed E-state index contributed by atoms with van der Waals surface area (Å²) in [5, 5.41) is 24.4. The summed E-state index contributed by atoms with van der Waals surface area (Å²) in [6.45, 7) is 5.90. The third-order valence-electron chi connectivity index (χ3n) is 4.39. The quantitative estimate of drug-likeness (QED) is 0.420. The van der Waals surface area contributed by atoms with Gasteiger partial charge in [0.15, 0.2) is 0 Å². The smallest absolute Gasteiger partial charge is 0.336 e. The van der Waals surface area contributed by atoms with Crippen LogP contribution in [0.4, 0.5) is 5.69 Å². The largest absolute Gasteiger partial charge is 0.466 e. The fourth-order valence-corrected chi connectivity index (χ4v) is 3.17. The first-order chi connectivity index (χ1) is 13.5. The molecule has 1 atom stereocenters. The van der Waals surface area contributed by atoms with Gasteiger partial charge in [-0.2, -0.15) is 0 Å². The average Bonchev–Trinajstić information content (AvgIpc) is 2.64. The molecule has 1 heterocycles. The molecule has 0 saturated heterocycles. The second-order valence-corrected chi connectivity index (χ2v) is 7.33. The number of aliphatic hydroxyl groups is 1. The van der Waals surface area contributed by atoms with Crippen molar-refractivity contribution < 1.29 is 29.1 Å². The molecule has 9 heteroatoms. The number of dihydropyridines is 1. The third kappa shape index (κ3) is 4.80. The van der Waals surface area contributed by atoms with Gasteiger partial charge in [0.05, 0.1) is 34.7 Å². The number of nitrogens with zero attached hydrogens (tertiary/aromatic N) is 1. The van der Waals surface area contributed by atoms with E-state index in [1.807, 2.05) is 0 Å². The number of carbonyl (C=O) groups is 2. The lowest BCUT2D eigenvalue weighted by Crippen LogP contribution is -2.34. The van der Waals surface area contributed by atoms with Crippen LogP contribution in [-0.2, 0) is 19.1 Å². The lowest BCUT2D eigenvalue weighted by Gasteiger charge is -2.30. The molecule has 0 radical (unpaired) electrons. The van der Waals surface area contributed by atoms with Gasteiger partial charge in [-0.3, -0.25) is 10.1 Å². The molecule has 0 bridgehead atoms. The van der Waals surface area contributed by atoms with Gasteiger partial charge in [-0.05, 0) is 27.7 Å². The second-order valence-electron chi connectivity index (χ2n) is 7.33. The minimum absolute atomic E-state index is 0.0366. The minimum Gasteiger partial charge on any atom is -0.466 e. The van der Waals surface area contributed by atoms with E-state index in [9.17, 15) is 24.8 Å². The molecule has 1 unspecified atom stereocenters. The molecule has 1 aromatic rings. The molecule has 9 nitrogen and oxygen atoms in total. The topological polar surface area (TPSA) is 128 Å². The summed E-state index contributed by atoms with van der Waals surface area (Å²) in [4.78, 5) is 36.5. The molecule has 0 amide bonds. The van der Waals surface area contributed by atoms with E-state index >= 15 is 0 Å². The van der Waals surface area contributed by atoms with Crippen LogP contribution in [0.5, 0.6) is 0 Å². The van der Waals surface area contributed by atoms with Gasteiger partial charge in [-0.25, -0.2) is 9.59 Å². The van der Waals surface area contributed by atoms with Crippen molar-refractivity contribution in [3.8, 4) is 0 Å². The summed E-state index contributed by atoms with van der Waals surface area (Å²) in [6, 6.07) is 5.88. The highest BCUT2D eigenvalue weighted by atomic mass is 16.6. The molecule has 2 rings (SSSR count). The van der Waals surface area contributed by atoms with Gasteiger partial charge >= 0.3 is 11.9 Å². The van der Waals surface area contributed by atoms with E-state index < -0.39 is 28.4 Å². The number of methoxy groups -OCH3 is 1. The Morgan fingerprint density at radius 3 is 2.24 bits per heavy atom. The van der Waals surface area contributed by atoms with Gasteiger partial charge in [0.2, 0.25) is 0 Å². The fourth-order valence-electron chi connectivity index (χ4n) is 3.17. The van der Waals surface area contributed by atoms with Crippen LogP contribution in [0.3, 0.4) is 0 Å². The Bertz CT molecular complexity index is 910. The van der Waals surface area contributed by atoms with Crippen LogP contribution in [0.25, 0.3) is 0 Å². The molecule has 0 aliphatic carbocycles. The number of nitro groups is 1. The van der Waals surface area contributed by atoms with Gasteiger partial charge in [0, 0.05) is 23.0 Å². The Balaban J connectivity index is 2.68. The Hall–Kier alpha value is -3.20. The molecule has 29 heavy (non-hydrogen) atoms. The van der Waals surface area contributed by atoms with Crippen LogP contribution in [-0.4, -0.2) is 41.3 Å². The molecule has 1 aliphatic rings. The van der Waals surface area contributed by atoms with Crippen molar-refractivity contribution in [2.45, 2.75) is 39.2 Å². The summed E-state index contributed by atoms with van der Waals surface area (Å²) < 4.78 is 10.1. The Kier molecular flexibility index (Phi) is 6.43. The van der Waals surface area contributed by atoms with Gasteiger partial charge in [0.25, 0.3) is 5.69 Å². The third-order valence-corrected chi connectivity index (χ3v) is 4.39. The highest BCUT2D eigenvalue weighted by molar-refractivity contribution is 6.00. The van der Waals surface area contributed by atoms with Crippen molar-refractivity contribution in [3.05, 3.63) is 62.5 Å². The number of hydrogen-bond acceptors (Lipinski definition) is 8. The predicted octanol–water partition coefficient (Wildman–Crippen LogP) is 2.32. The molecule has 0 fully saturated rings. The van der Waals surface area contributed by atoms with E-state index in [0.29, 0.717) is 11.4 Å². The Labute approximate surface area is 168 Å². The van der Waals surface area contributed by atoms with Gasteiger partial charge < -0.3 is 19.9 Å². The number of nitro benzene ring substituents is 1. The summed E-state index contributed by atoms with van der Waals surface area (Å²) in [7, 11) is 1.19. The molecule has 0 saturated carbocycles. The first kappa shape index (κ1) is 22.1. The summed E-state index contributed by atoms with van der Waals surface area (Å²) in [5.74, 6) is -2.59. The molecule has 0 spiro atoms. The van der Waals surface area contributed by atoms with Crippen molar-refractivity contribution in [1.29, 1.82) is 0 Å². The van der Waals surface area contributed by atoms with Crippen molar-refractivity contribution in [3.63, 3.8) is 0 Å². The monoisotopic (exact) mass is 404 g/mol. The number of allylic oxidation sites excluding steroid dienone is 2. The van der Waals surface area contributed by atoms with Crippen LogP contribution in [0.15, 0.2) is 46.8 Å². The van der Waals surface area contributed by atoms with Crippen molar-refractivity contribution >= 4 is 17.6 Å². The number of carbonyl (C=O) groups excluding carboxylic acids is 2. The number of hydrogen-bond donors (Lipinski definition) is 2. The highest BCUT2D eigenvalue weighted by Crippen LogP contribution is 2.42. The zero-order valence-corrected chi connectivity index (χ0v) is 16.9. The van der Waals surface area contributed by atoms with Crippen molar-refractivity contribution in [2.24, 2.45) is 0 Å². The normalized spacial score (nSPS) is 17.0. The number of benzene rings is 1. The van der Waals surface area contributed by atoms with Gasteiger partial charge in [-0.1, -0.05) is 18.2 Å². The highest BCUT2D eigenvalue weighted by Gasteiger charge is 2.41. The van der Waals surface area contributed by atoms with Crippen LogP contribution in [0, 0.1) is 10.1 Å². The number of para-hydroxylation sites is 1. The maximum Gasteiger partial charge on any atom is 0.336 e. The Morgan fingerprint density at radius 1 is 1.17 bits per heavy atom. The first-order valence-corrected chi connectivity index (χ1v) is 8.87. The molecule has 1 aliphatic heterocycles. The first-order valence-electron chi connectivity index (χ1n) is 8.87. The zero-order chi connectivity index (χ0) is 21.9. The van der Waals surface area contributed by atoms with E-state index in [2.05, 4.69) is 5.32 Å². The minimum atomic E-state index is -1.27. The van der Waals surface area contributed by atoms with E-state index in [4.69, 9.17) is 9.47 Å². The molecule has 0 aromatic heterocycles. The maximum atomic E-state index is 12.9. The van der Waals surface area contributed by atoms with Crippen LogP contribution < -0.4 is 5.32 Å². The molecular formula is C20H24N2O7. The number of esters is 2. The van der Waals surface area contributed by atoms with Crippen molar-refractivity contribution in [2.75, 3.05) is 13.7 Å². The maximum absolute atomic E-state index is 12.9. The number of rotatable bonds is 6. The molecule has 156 valence electrons. The standard InChI is InChI=1S/C20H24N2O7/c1-11-15(18(23)28-5)17(13-8-6-7-9-14(13)22(26)27)16(12(2)21-11)19(24)29-10-20(3,4)25/h6-9,17,21,25H,10H2,1-5H3. The van der Waals surface area contributed by atoms with Gasteiger partial charge in [-0.15, -0.1) is 0 Å². The van der Waals surface area contributed by atoms with E-state index in [1.54, 1.807) is 19.9 Å². The van der Waals surface area contributed by atoms with E-state index in [-0.39, 0.29) is 29.0 Å².